The van der Waals surface area contributed by atoms with E-state index in [-0.39, 0.29) is 17.3 Å². The van der Waals surface area contributed by atoms with Crippen molar-refractivity contribution in [1.29, 1.82) is 0 Å². The number of aromatic amines is 1. The highest BCUT2D eigenvalue weighted by molar-refractivity contribution is 7.99. The maximum atomic E-state index is 13.0. The number of ketones is 2. The molecule has 0 amide bonds. The van der Waals surface area contributed by atoms with Gasteiger partial charge < -0.3 is 4.98 Å². The van der Waals surface area contributed by atoms with Gasteiger partial charge in [-0.3, -0.25) is 19.1 Å². The lowest BCUT2D eigenvalue weighted by Crippen LogP contribution is -2.07. The third-order valence-corrected chi connectivity index (χ3v) is 6.24. The van der Waals surface area contributed by atoms with Gasteiger partial charge in [0, 0.05) is 29.2 Å². The average molecular weight is 446 g/mol. The zero-order valence-corrected chi connectivity index (χ0v) is 19.2. The second-order valence-electron chi connectivity index (χ2n) is 7.56. The van der Waals surface area contributed by atoms with Crippen molar-refractivity contribution in [2.45, 2.75) is 32.9 Å². The molecule has 1 aromatic carbocycles. The molecule has 8 heteroatoms. The van der Waals surface area contributed by atoms with Gasteiger partial charge in [0.1, 0.15) is 0 Å². The fourth-order valence-corrected chi connectivity index (χ4v) is 4.65. The second kappa shape index (κ2) is 8.92. The highest BCUT2D eigenvalue weighted by Crippen LogP contribution is 2.30. The zero-order valence-electron chi connectivity index (χ0n) is 18.3. The van der Waals surface area contributed by atoms with Gasteiger partial charge in [0.25, 0.3) is 0 Å². The number of rotatable bonds is 7. The Labute approximate surface area is 190 Å². The molecule has 0 saturated carbocycles. The molecule has 0 bridgehead atoms. The summed E-state index contributed by atoms with van der Waals surface area (Å²) in [6, 6.07) is 11.7. The Hall–Kier alpha value is -3.52. The largest absolute Gasteiger partial charge is 0.355 e. The van der Waals surface area contributed by atoms with Crippen LogP contribution in [0, 0.1) is 20.8 Å². The lowest BCUT2D eigenvalue weighted by molar-refractivity contribution is 0.101. The Bertz CT molecular complexity index is 1310. The molecule has 0 aliphatic heterocycles. The second-order valence-corrected chi connectivity index (χ2v) is 8.51. The zero-order chi connectivity index (χ0) is 22.8. The van der Waals surface area contributed by atoms with Crippen molar-refractivity contribution in [3.05, 3.63) is 76.9 Å². The molecule has 7 nitrogen and oxygen atoms in total. The molecule has 4 rings (SSSR count). The summed E-state index contributed by atoms with van der Waals surface area (Å²) in [6.07, 6.45) is 3.45. The van der Waals surface area contributed by atoms with E-state index in [1.54, 1.807) is 19.3 Å². The van der Waals surface area contributed by atoms with Crippen molar-refractivity contribution < 1.29 is 9.59 Å². The molecule has 0 radical (unpaired) electrons. The number of carbonyl (C=O) groups excluding carboxylic acids is 2. The van der Waals surface area contributed by atoms with Gasteiger partial charge in [0.15, 0.2) is 22.5 Å². The van der Waals surface area contributed by atoms with Crippen LogP contribution in [-0.4, -0.2) is 42.1 Å². The van der Waals surface area contributed by atoms with Crippen molar-refractivity contribution >= 4 is 23.3 Å². The summed E-state index contributed by atoms with van der Waals surface area (Å²) in [5, 5.41) is 9.39. The van der Waals surface area contributed by atoms with Gasteiger partial charge in [-0.05, 0) is 57.0 Å². The van der Waals surface area contributed by atoms with Crippen molar-refractivity contribution in [3.8, 4) is 17.1 Å². The van der Waals surface area contributed by atoms with Crippen molar-refractivity contribution in [2.75, 3.05) is 5.75 Å². The molecule has 0 aliphatic rings. The normalized spacial score (nSPS) is 11.0. The van der Waals surface area contributed by atoms with Crippen LogP contribution in [0.1, 0.15) is 44.6 Å². The van der Waals surface area contributed by atoms with Crippen LogP contribution in [0.3, 0.4) is 0 Å². The average Bonchev–Trinajstić information content (AvgIpc) is 3.33. The van der Waals surface area contributed by atoms with E-state index in [1.807, 2.05) is 54.8 Å². The molecule has 0 spiro atoms. The summed E-state index contributed by atoms with van der Waals surface area (Å²) in [5.41, 5.74) is 5.30. The topological polar surface area (TPSA) is 93.5 Å². The minimum Gasteiger partial charge on any atom is -0.355 e. The number of nitrogens with zero attached hydrogens (tertiary/aromatic N) is 4. The fraction of sp³-hybridized carbons (Fsp3) is 0.208. The number of pyridine rings is 1. The number of Topliss-reactive ketones (excluding diaryl/α,β-unsaturated/α-hetero) is 2. The van der Waals surface area contributed by atoms with E-state index in [0.717, 1.165) is 16.8 Å². The summed E-state index contributed by atoms with van der Waals surface area (Å²) in [5.74, 6) is 0.677. The first kappa shape index (κ1) is 21.7. The summed E-state index contributed by atoms with van der Waals surface area (Å²) in [6.45, 7) is 7.14. The number of hydrogen-bond donors (Lipinski definition) is 1. The van der Waals surface area contributed by atoms with Gasteiger partial charge in [-0.15, -0.1) is 10.2 Å². The van der Waals surface area contributed by atoms with Gasteiger partial charge in [-0.2, -0.15) is 0 Å². The minimum absolute atomic E-state index is 0.0524. The van der Waals surface area contributed by atoms with Gasteiger partial charge in [0.05, 0.1) is 17.1 Å². The molecule has 0 unspecified atom stereocenters. The molecular formula is C24H23N5O2S. The Kier molecular flexibility index (Phi) is 6.05. The van der Waals surface area contributed by atoms with E-state index < -0.39 is 0 Å². The van der Waals surface area contributed by atoms with Crippen LogP contribution in [0.4, 0.5) is 0 Å². The van der Waals surface area contributed by atoms with Crippen LogP contribution < -0.4 is 0 Å². The van der Waals surface area contributed by atoms with Crippen LogP contribution >= 0.6 is 11.8 Å². The molecule has 0 atom stereocenters. The monoisotopic (exact) mass is 445 g/mol. The number of benzene rings is 1. The van der Waals surface area contributed by atoms with E-state index in [9.17, 15) is 9.59 Å². The van der Waals surface area contributed by atoms with E-state index in [1.165, 1.54) is 18.7 Å². The third-order valence-electron chi connectivity index (χ3n) is 5.31. The maximum absolute atomic E-state index is 13.0. The highest BCUT2D eigenvalue weighted by atomic mass is 32.2. The smallest absolute Gasteiger partial charge is 0.196 e. The van der Waals surface area contributed by atoms with E-state index in [2.05, 4.69) is 20.2 Å². The molecule has 32 heavy (non-hydrogen) atoms. The van der Waals surface area contributed by atoms with Crippen LogP contribution in [0.5, 0.6) is 0 Å². The Morgan fingerprint density at radius 2 is 1.84 bits per heavy atom. The first-order valence-corrected chi connectivity index (χ1v) is 11.1. The molecule has 0 saturated heterocycles. The lowest BCUT2D eigenvalue weighted by atomic mass is 10.1. The molecule has 0 aliphatic carbocycles. The summed E-state index contributed by atoms with van der Waals surface area (Å²) in [7, 11) is 0. The third kappa shape index (κ3) is 4.01. The summed E-state index contributed by atoms with van der Waals surface area (Å²) < 4.78 is 1.96. The highest BCUT2D eigenvalue weighted by Gasteiger charge is 2.22. The first-order valence-electron chi connectivity index (χ1n) is 10.2. The standard InChI is InChI=1S/C24H23N5O2S/c1-14-8-5-6-10-19(14)29-23(18-9-7-11-25-12-18)27-28-24(29)32-13-20(31)22-15(2)21(17(4)30)16(3)26-22/h5-12,26H,13H2,1-4H3. The van der Waals surface area contributed by atoms with E-state index in [4.69, 9.17) is 0 Å². The van der Waals surface area contributed by atoms with Crippen LogP contribution in [-0.2, 0) is 0 Å². The summed E-state index contributed by atoms with van der Waals surface area (Å²) in [4.78, 5) is 32.2. The first-order chi connectivity index (χ1) is 15.4. The van der Waals surface area contributed by atoms with Gasteiger partial charge in [0.2, 0.25) is 0 Å². The molecule has 162 valence electrons. The Morgan fingerprint density at radius 1 is 1.06 bits per heavy atom. The van der Waals surface area contributed by atoms with Crippen LogP contribution in [0.15, 0.2) is 53.9 Å². The van der Waals surface area contributed by atoms with E-state index >= 15 is 0 Å². The van der Waals surface area contributed by atoms with Crippen LogP contribution in [0.2, 0.25) is 0 Å². The minimum atomic E-state index is -0.0923. The quantitative estimate of drug-likeness (QED) is 0.326. The number of para-hydroxylation sites is 1. The SMILES string of the molecule is CC(=O)c1c(C)[nH]c(C(=O)CSc2nnc(-c3cccnc3)n2-c2ccccc2C)c1C. The molecule has 3 heterocycles. The molecule has 0 fully saturated rings. The van der Waals surface area contributed by atoms with Crippen molar-refractivity contribution in [2.24, 2.45) is 0 Å². The number of aromatic nitrogens is 5. The summed E-state index contributed by atoms with van der Waals surface area (Å²) >= 11 is 1.32. The molecule has 3 aromatic heterocycles. The number of H-pyrrole nitrogens is 1. The van der Waals surface area contributed by atoms with Gasteiger partial charge >= 0.3 is 0 Å². The number of thioether (sulfide) groups is 1. The maximum Gasteiger partial charge on any atom is 0.196 e. The van der Waals surface area contributed by atoms with Crippen molar-refractivity contribution in [1.82, 2.24) is 24.7 Å². The van der Waals surface area contributed by atoms with E-state index in [0.29, 0.717) is 33.5 Å². The van der Waals surface area contributed by atoms with Gasteiger partial charge in [-0.1, -0.05) is 30.0 Å². The predicted molar refractivity (Wildman–Crippen MR) is 125 cm³/mol. The number of carbonyl (C=O) groups is 2. The lowest BCUT2D eigenvalue weighted by Gasteiger charge is -2.12. The molecular weight excluding hydrogens is 422 g/mol. The fourth-order valence-electron chi connectivity index (χ4n) is 3.84. The van der Waals surface area contributed by atoms with Gasteiger partial charge in [-0.25, -0.2) is 0 Å². The molecule has 4 aromatic rings. The number of aryl methyl sites for hydroxylation is 2. The van der Waals surface area contributed by atoms with Crippen LogP contribution in [0.25, 0.3) is 17.1 Å². The number of hydrogen-bond acceptors (Lipinski definition) is 6. The Balaban J connectivity index is 1.69. The Morgan fingerprint density at radius 3 is 2.50 bits per heavy atom. The molecule has 1 N–H and O–H groups in total. The van der Waals surface area contributed by atoms with Crippen molar-refractivity contribution in [3.63, 3.8) is 0 Å². The number of nitrogens with one attached hydrogen (secondary N) is 1. The predicted octanol–water partition coefficient (Wildman–Crippen LogP) is 4.76.